The van der Waals surface area contributed by atoms with E-state index in [1.54, 1.807) is 0 Å². The molecule has 6 amide bonds. The van der Waals surface area contributed by atoms with Crippen LogP contribution in [0.25, 0.3) is 0 Å². The van der Waals surface area contributed by atoms with Crippen LogP contribution in [0.15, 0.2) is 4.99 Å². The molecule has 27 nitrogen and oxygen atoms in total. The summed E-state index contributed by atoms with van der Waals surface area (Å²) in [5.41, 5.74) is 20.1. The number of nitrogens with two attached hydrogens (primary N) is 4. The molecule has 64 heavy (non-hydrogen) atoms. The average Bonchev–Trinajstić information content (AvgIpc) is 3.70. The van der Waals surface area contributed by atoms with Crippen LogP contribution in [-0.2, 0) is 76.4 Å². The maximum atomic E-state index is 14.2. The standard InChI is InChI=1S/C36H56N10O17S/c1-16(47)59-14-24-28(60-17(2)48)29(61-18(3)49)30(62-19(4)50)35(63-24)64-15-22(34(58)46-10-6-8-23(46)31(38)55)45-33(57)21(11-27(53)54)44-26(52)13-42-32(56)20(43-25(51)12-37)7-5-9-41-36(39)40/h20-24,28-30,35H,5-15,37H2,1-4H3,(H2,38,55)(H,42,56)(H,43,51)(H,44,52)(H,45,57)(H,53,54)(H4,39,40,41)/t20-,21-,22-,23-,24+,28+,29-,30+,35-/m0/s1. The highest BCUT2D eigenvalue weighted by molar-refractivity contribution is 7.99. The molecule has 0 spiro atoms. The molecule has 13 N–H and O–H groups in total. The molecule has 358 valence electrons. The first-order valence-electron chi connectivity index (χ1n) is 19.7. The predicted molar refractivity (Wildman–Crippen MR) is 218 cm³/mol. The van der Waals surface area contributed by atoms with E-state index in [4.69, 9.17) is 46.6 Å². The number of hydrogen-bond donors (Lipinski definition) is 9. The number of thioether (sulfide) groups is 1. The highest BCUT2D eigenvalue weighted by atomic mass is 32.2. The molecule has 28 heteroatoms. The molecular formula is C36H56N10O17S. The summed E-state index contributed by atoms with van der Waals surface area (Å²) < 4.78 is 27.5. The van der Waals surface area contributed by atoms with Crippen molar-refractivity contribution in [1.82, 2.24) is 26.2 Å². The Morgan fingerprint density at radius 1 is 0.797 bits per heavy atom. The first kappa shape index (κ1) is 53.8. The number of guanidine groups is 1. The number of aliphatic carboxylic acids is 1. The SMILES string of the molecule is CC(=O)OC[C@H]1O[C@@H](SC[C@H](NC(=O)[C@H](CC(=O)O)NC(=O)CNC(=O)[C@H](CCCN=C(N)N)NC(=O)CN)C(=O)N2CCC[C@H]2C(N)=O)[C@H](OC(C)=O)[C@@H](OC(C)=O)[C@@H]1OC(C)=O. The minimum atomic E-state index is -1.88. The molecule has 0 unspecified atom stereocenters. The second-order valence-electron chi connectivity index (χ2n) is 14.3. The van der Waals surface area contributed by atoms with Crippen LogP contribution in [0.4, 0.5) is 0 Å². The largest absolute Gasteiger partial charge is 0.481 e. The summed E-state index contributed by atoms with van der Waals surface area (Å²) in [4.78, 5) is 144. The Morgan fingerprint density at radius 2 is 1.41 bits per heavy atom. The molecule has 2 saturated heterocycles. The Balaban J connectivity index is 2.45. The fraction of sp³-hybridized carbons (Fsp3) is 0.667. The molecule has 2 aliphatic heterocycles. The van der Waals surface area contributed by atoms with Crippen LogP contribution in [0.5, 0.6) is 0 Å². The van der Waals surface area contributed by atoms with Crippen LogP contribution in [0.1, 0.15) is 59.8 Å². The molecule has 2 rings (SSSR count). The van der Waals surface area contributed by atoms with E-state index >= 15 is 0 Å². The molecule has 0 aromatic rings. The van der Waals surface area contributed by atoms with E-state index in [9.17, 15) is 57.8 Å². The first-order valence-corrected chi connectivity index (χ1v) is 20.7. The van der Waals surface area contributed by atoms with Gasteiger partial charge in [-0.2, -0.15) is 0 Å². The highest BCUT2D eigenvalue weighted by Gasteiger charge is 2.53. The zero-order valence-corrected chi connectivity index (χ0v) is 36.4. The number of primary amides is 1. The van der Waals surface area contributed by atoms with Crippen molar-refractivity contribution in [2.24, 2.45) is 27.9 Å². The van der Waals surface area contributed by atoms with Crippen molar-refractivity contribution < 1.29 is 81.5 Å². The van der Waals surface area contributed by atoms with Gasteiger partial charge in [0.1, 0.15) is 42.3 Å². The number of carboxylic acid groups (broad SMARTS) is 1. The summed E-state index contributed by atoms with van der Waals surface area (Å²) in [5, 5.41) is 18.9. The molecule has 2 heterocycles. The molecule has 0 radical (unpaired) electrons. The number of ether oxygens (including phenoxy) is 5. The summed E-state index contributed by atoms with van der Waals surface area (Å²) in [6.07, 6.45) is -6.31. The number of carbonyl (C=O) groups is 11. The molecule has 0 aromatic heterocycles. The van der Waals surface area contributed by atoms with E-state index in [1.807, 2.05) is 0 Å². The van der Waals surface area contributed by atoms with E-state index in [1.165, 1.54) is 0 Å². The van der Waals surface area contributed by atoms with Crippen LogP contribution in [0, 0.1) is 0 Å². The lowest BCUT2D eigenvalue weighted by atomic mass is 9.99. The molecular weight excluding hydrogens is 877 g/mol. The van der Waals surface area contributed by atoms with Crippen LogP contribution < -0.4 is 44.2 Å². The minimum Gasteiger partial charge on any atom is -0.481 e. The number of nitrogens with one attached hydrogen (secondary N) is 4. The minimum absolute atomic E-state index is 0.0124. The smallest absolute Gasteiger partial charge is 0.305 e. The van der Waals surface area contributed by atoms with Gasteiger partial charge >= 0.3 is 29.8 Å². The summed E-state index contributed by atoms with van der Waals surface area (Å²) in [6, 6.07) is -5.85. The van der Waals surface area contributed by atoms with E-state index in [2.05, 4.69) is 26.3 Å². The third kappa shape index (κ3) is 18.2. The third-order valence-corrected chi connectivity index (χ3v) is 10.3. The monoisotopic (exact) mass is 932 g/mol. The zero-order chi connectivity index (χ0) is 48.3. The van der Waals surface area contributed by atoms with Crippen molar-refractivity contribution in [3.63, 3.8) is 0 Å². The number of nitrogens with zero attached hydrogens (tertiary/aromatic N) is 2. The Labute approximate surface area is 370 Å². The lowest BCUT2D eigenvalue weighted by Gasteiger charge is -2.44. The van der Waals surface area contributed by atoms with Gasteiger partial charge in [0, 0.05) is 46.5 Å². The van der Waals surface area contributed by atoms with Crippen LogP contribution >= 0.6 is 11.8 Å². The van der Waals surface area contributed by atoms with Crippen molar-refractivity contribution in [2.75, 3.05) is 38.5 Å². The molecule has 0 aromatic carbocycles. The Bertz CT molecular complexity index is 1780. The summed E-state index contributed by atoms with van der Waals surface area (Å²) in [6.45, 7) is 2.40. The van der Waals surface area contributed by atoms with Crippen LogP contribution in [-0.4, -0.2) is 174 Å². The van der Waals surface area contributed by atoms with Gasteiger partial charge in [0.05, 0.1) is 19.5 Å². The number of likely N-dealkylation sites (tertiary alicyclic amines) is 1. The fourth-order valence-corrected chi connectivity index (χ4v) is 7.66. The van der Waals surface area contributed by atoms with Gasteiger partial charge in [0.25, 0.3) is 0 Å². The third-order valence-electron chi connectivity index (χ3n) is 9.09. The van der Waals surface area contributed by atoms with E-state index in [-0.39, 0.29) is 38.3 Å². The first-order chi connectivity index (χ1) is 30.0. The zero-order valence-electron chi connectivity index (χ0n) is 35.6. The average molecular weight is 933 g/mol. The quantitative estimate of drug-likeness (QED) is 0.0143. The van der Waals surface area contributed by atoms with Gasteiger partial charge in [-0.25, -0.2) is 0 Å². The lowest BCUT2D eigenvalue weighted by molar-refractivity contribution is -0.237. The van der Waals surface area contributed by atoms with Crippen LogP contribution in [0.3, 0.4) is 0 Å². The lowest BCUT2D eigenvalue weighted by Crippen LogP contribution is -2.62. The number of hydrogen-bond acceptors (Lipinski definition) is 19. The number of rotatable bonds is 24. The topological polar surface area (TPSA) is 422 Å². The van der Waals surface area contributed by atoms with Gasteiger partial charge in [0.2, 0.25) is 35.4 Å². The molecule has 0 saturated carbocycles. The van der Waals surface area contributed by atoms with Gasteiger partial charge in [-0.05, 0) is 25.7 Å². The van der Waals surface area contributed by atoms with Gasteiger partial charge in [-0.15, -0.1) is 11.8 Å². The van der Waals surface area contributed by atoms with E-state index in [0.717, 1.165) is 32.6 Å². The number of carbonyl (C=O) groups excluding carboxylic acids is 10. The van der Waals surface area contributed by atoms with Gasteiger partial charge in [0.15, 0.2) is 24.3 Å². The Hall–Kier alpha value is -6.29. The molecule has 0 bridgehead atoms. The Morgan fingerprint density at radius 3 is 1.97 bits per heavy atom. The molecule has 2 fully saturated rings. The maximum absolute atomic E-state index is 14.2. The normalized spacial score (nSPS) is 21.6. The van der Waals surface area contributed by atoms with Crippen molar-refractivity contribution >= 4 is 83.0 Å². The van der Waals surface area contributed by atoms with Gasteiger partial charge in [-0.3, -0.25) is 57.7 Å². The second kappa shape index (κ2) is 26.4. The highest BCUT2D eigenvalue weighted by Crippen LogP contribution is 2.35. The molecule has 0 aliphatic carbocycles. The van der Waals surface area contributed by atoms with Crippen molar-refractivity contribution in [3.05, 3.63) is 0 Å². The molecule has 2 aliphatic rings. The summed E-state index contributed by atoms with van der Waals surface area (Å²) in [7, 11) is 0. The van der Waals surface area contributed by atoms with E-state index < -0.39 is 151 Å². The van der Waals surface area contributed by atoms with Crippen molar-refractivity contribution in [2.45, 2.75) is 114 Å². The maximum Gasteiger partial charge on any atom is 0.305 e. The number of amides is 6. The van der Waals surface area contributed by atoms with Crippen molar-refractivity contribution in [1.29, 1.82) is 0 Å². The summed E-state index contributed by atoms with van der Waals surface area (Å²) in [5.74, 6) is -11.3. The fourth-order valence-electron chi connectivity index (χ4n) is 6.43. The van der Waals surface area contributed by atoms with Crippen LogP contribution in [0.2, 0.25) is 0 Å². The van der Waals surface area contributed by atoms with Gasteiger partial charge in [-0.1, -0.05) is 0 Å². The number of esters is 4. The summed E-state index contributed by atoms with van der Waals surface area (Å²) >= 11 is 0.693. The second-order valence-corrected chi connectivity index (χ2v) is 15.4. The molecule has 9 atom stereocenters. The number of carboxylic acids is 1. The van der Waals surface area contributed by atoms with Gasteiger partial charge < -0.3 is 77.9 Å². The Kier molecular flexibility index (Phi) is 22.2. The van der Waals surface area contributed by atoms with E-state index in [0.29, 0.717) is 18.2 Å². The number of aliphatic imine (C=N–C) groups is 1. The van der Waals surface area contributed by atoms with Crippen molar-refractivity contribution in [3.8, 4) is 0 Å². The predicted octanol–water partition coefficient (Wildman–Crippen LogP) is -5.66.